The molecule has 3 aromatic rings. The van der Waals surface area contributed by atoms with Crippen molar-refractivity contribution in [1.82, 2.24) is 0 Å². The van der Waals surface area contributed by atoms with E-state index in [4.69, 9.17) is 10.5 Å². The second-order valence-corrected chi connectivity index (χ2v) is 7.74. The third kappa shape index (κ3) is 4.29. The lowest BCUT2D eigenvalue weighted by Crippen LogP contribution is -2.34. The van der Waals surface area contributed by atoms with Gasteiger partial charge in [0.25, 0.3) is 0 Å². The molecule has 4 heteroatoms. The van der Waals surface area contributed by atoms with Crippen LogP contribution in [0.1, 0.15) is 34.8 Å². The lowest BCUT2D eigenvalue weighted by Gasteiger charge is -2.33. The van der Waals surface area contributed by atoms with Gasteiger partial charge in [0.05, 0.1) is 11.8 Å². The van der Waals surface area contributed by atoms with Gasteiger partial charge in [0.2, 0.25) is 0 Å². The minimum atomic E-state index is -0.634. The smallest absolute Gasteiger partial charge is 0.143 e. The summed E-state index contributed by atoms with van der Waals surface area (Å²) in [6.45, 7) is 1.27. The molecule has 4 rings (SSSR count). The zero-order valence-electron chi connectivity index (χ0n) is 16.8. The highest BCUT2D eigenvalue weighted by Crippen LogP contribution is 2.41. The summed E-state index contributed by atoms with van der Waals surface area (Å²) >= 11 is 0. The first-order valence-corrected chi connectivity index (χ1v) is 10.1. The molecule has 0 bridgehead atoms. The largest absolute Gasteiger partial charge is 0.487 e. The Balaban J connectivity index is 1.68. The van der Waals surface area contributed by atoms with Gasteiger partial charge >= 0.3 is 0 Å². The maximum absolute atomic E-state index is 10.6. The third-order valence-corrected chi connectivity index (χ3v) is 5.62. The first kappa shape index (κ1) is 19.5. The van der Waals surface area contributed by atoms with Gasteiger partial charge in [0.1, 0.15) is 12.4 Å². The first-order valence-electron chi connectivity index (χ1n) is 10.1. The lowest BCUT2D eigenvalue weighted by molar-refractivity contribution is 0.133. The van der Waals surface area contributed by atoms with E-state index in [2.05, 4.69) is 48.3 Å². The van der Waals surface area contributed by atoms with Crippen LogP contribution >= 0.6 is 0 Å². The Morgan fingerprint density at radius 1 is 0.966 bits per heavy atom. The van der Waals surface area contributed by atoms with E-state index >= 15 is 0 Å². The van der Waals surface area contributed by atoms with Gasteiger partial charge in [0.15, 0.2) is 0 Å². The van der Waals surface area contributed by atoms with Crippen LogP contribution in [0, 0.1) is 0 Å². The van der Waals surface area contributed by atoms with Crippen LogP contribution in [0.15, 0.2) is 72.8 Å². The Labute approximate surface area is 172 Å². The van der Waals surface area contributed by atoms with E-state index in [0.29, 0.717) is 6.61 Å². The van der Waals surface area contributed by atoms with Crippen LogP contribution in [-0.4, -0.2) is 18.2 Å². The van der Waals surface area contributed by atoms with Crippen LogP contribution in [0.25, 0.3) is 0 Å². The molecule has 0 fully saturated rings. The van der Waals surface area contributed by atoms with Crippen LogP contribution in [0.4, 0.5) is 5.69 Å². The van der Waals surface area contributed by atoms with Crippen molar-refractivity contribution >= 4 is 5.69 Å². The van der Waals surface area contributed by atoms with Crippen LogP contribution in [-0.2, 0) is 19.6 Å². The number of rotatable bonds is 6. The first-order chi connectivity index (χ1) is 14.1. The van der Waals surface area contributed by atoms with Gasteiger partial charge in [-0.3, -0.25) is 0 Å². The molecule has 29 heavy (non-hydrogen) atoms. The number of fused-ring (bicyclic) bond motifs is 1. The Morgan fingerprint density at radius 2 is 1.62 bits per heavy atom. The minimum absolute atomic E-state index is 0.217. The third-order valence-electron chi connectivity index (χ3n) is 5.62. The van der Waals surface area contributed by atoms with Gasteiger partial charge in [-0.05, 0) is 41.2 Å². The van der Waals surface area contributed by atoms with E-state index in [-0.39, 0.29) is 6.04 Å². The zero-order valence-corrected chi connectivity index (χ0v) is 16.8. The van der Waals surface area contributed by atoms with Gasteiger partial charge in [-0.25, -0.2) is 0 Å². The minimum Gasteiger partial charge on any atom is -0.487 e. The molecule has 1 aliphatic rings. The summed E-state index contributed by atoms with van der Waals surface area (Å²) in [5, 5.41) is 10.6. The number of hydrogen-bond donors (Lipinski definition) is 2. The van der Waals surface area contributed by atoms with Crippen LogP contribution < -0.4 is 15.4 Å². The molecule has 150 valence electrons. The predicted molar refractivity (Wildman–Crippen MR) is 117 cm³/mol. The van der Waals surface area contributed by atoms with E-state index in [1.807, 2.05) is 36.4 Å². The average molecular weight is 389 g/mol. The van der Waals surface area contributed by atoms with Crippen molar-refractivity contribution in [3.8, 4) is 5.75 Å². The average Bonchev–Trinajstić information content (AvgIpc) is 2.76. The number of benzene rings is 3. The summed E-state index contributed by atoms with van der Waals surface area (Å²) in [4.78, 5) is 2.22. The zero-order chi connectivity index (χ0) is 20.2. The molecule has 0 saturated carbocycles. The summed E-state index contributed by atoms with van der Waals surface area (Å²) < 4.78 is 6.26. The molecule has 3 aromatic carbocycles. The summed E-state index contributed by atoms with van der Waals surface area (Å²) in [5.74, 6) is 0.841. The van der Waals surface area contributed by atoms with E-state index in [1.165, 1.54) is 5.56 Å². The second kappa shape index (κ2) is 8.68. The van der Waals surface area contributed by atoms with Gasteiger partial charge in [-0.15, -0.1) is 0 Å². The number of hydrogen-bond acceptors (Lipinski definition) is 4. The Bertz CT molecular complexity index is 944. The molecule has 0 heterocycles. The van der Waals surface area contributed by atoms with Gasteiger partial charge < -0.3 is 20.5 Å². The molecule has 4 nitrogen and oxygen atoms in total. The highest BCUT2D eigenvalue weighted by atomic mass is 16.5. The molecule has 0 unspecified atom stereocenters. The van der Waals surface area contributed by atoms with Crippen LogP contribution in [0.3, 0.4) is 0 Å². The SMILES string of the molecule is CN(Cc1ccccc1)c1c(OCc2ccccc2)ccc2c1CC[C@@H](N)[C@@H]2O. The molecule has 3 N–H and O–H groups in total. The molecule has 0 aliphatic heterocycles. The van der Waals surface area contributed by atoms with Gasteiger partial charge in [-0.2, -0.15) is 0 Å². The number of aliphatic hydroxyl groups is 1. The molecule has 0 spiro atoms. The van der Waals surface area contributed by atoms with E-state index < -0.39 is 6.10 Å². The quantitative estimate of drug-likeness (QED) is 0.664. The highest BCUT2D eigenvalue weighted by Gasteiger charge is 2.29. The molecular weight excluding hydrogens is 360 g/mol. The normalized spacial score (nSPS) is 18.2. The van der Waals surface area contributed by atoms with Crippen molar-refractivity contribution in [2.24, 2.45) is 5.73 Å². The van der Waals surface area contributed by atoms with Crippen molar-refractivity contribution in [3.63, 3.8) is 0 Å². The number of nitrogens with two attached hydrogens (primary N) is 1. The van der Waals surface area contributed by atoms with Gasteiger partial charge in [-0.1, -0.05) is 66.7 Å². The Kier molecular flexibility index (Phi) is 5.84. The summed E-state index contributed by atoms with van der Waals surface area (Å²) in [6.07, 6.45) is 0.971. The predicted octanol–water partition coefficient (Wildman–Crippen LogP) is 4.21. The molecule has 0 amide bonds. The topological polar surface area (TPSA) is 58.7 Å². The molecule has 0 aromatic heterocycles. The summed E-state index contributed by atoms with van der Waals surface area (Å²) in [6, 6.07) is 24.3. The Hall–Kier alpha value is -2.82. The lowest BCUT2D eigenvalue weighted by atomic mass is 9.84. The van der Waals surface area contributed by atoms with Crippen molar-refractivity contribution in [1.29, 1.82) is 0 Å². The molecular formula is C25H28N2O2. The van der Waals surface area contributed by atoms with Crippen LogP contribution in [0.2, 0.25) is 0 Å². The van der Waals surface area contributed by atoms with Crippen molar-refractivity contribution < 1.29 is 9.84 Å². The molecule has 1 aliphatic carbocycles. The van der Waals surface area contributed by atoms with Crippen molar-refractivity contribution in [2.45, 2.75) is 38.1 Å². The number of ether oxygens (including phenoxy) is 1. The molecule has 2 atom stereocenters. The fourth-order valence-corrected chi connectivity index (χ4v) is 4.08. The van der Waals surface area contributed by atoms with Gasteiger partial charge in [0, 0.05) is 19.6 Å². The van der Waals surface area contributed by atoms with Crippen molar-refractivity contribution in [2.75, 3.05) is 11.9 Å². The maximum atomic E-state index is 10.6. The number of nitrogens with zero attached hydrogens (tertiary/aromatic N) is 1. The highest BCUT2D eigenvalue weighted by molar-refractivity contribution is 5.67. The second-order valence-electron chi connectivity index (χ2n) is 7.74. The van der Waals surface area contributed by atoms with Crippen LogP contribution in [0.5, 0.6) is 5.75 Å². The molecule has 0 saturated heterocycles. The summed E-state index contributed by atoms with van der Waals surface area (Å²) in [7, 11) is 2.08. The standard InChI is InChI=1S/C25H28N2O2/c1-27(16-18-8-4-2-5-9-18)24-20-12-14-22(26)25(28)21(20)13-15-23(24)29-17-19-10-6-3-7-11-19/h2-11,13,15,22,25,28H,12,14,16-17,26H2,1H3/t22-,25-/m1/s1. The van der Waals surface area contributed by atoms with E-state index in [1.54, 1.807) is 0 Å². The van der Waals surface area contributed by atoms with Crippen molar-refractivity contribution in [3.05, 3.63) is 95.1 Å². The summed E-state index contributed by atoms with van der Waals surface area (Å²) in [5.41, 5.74) is 11.6. The van der Waals surface area contributed by atoms with E-state index in [9.17, 15) is 5.11 Å². The maximum Gasteiger partial charge on any atom is 0.143 e. The Morgan fingerprint density at radius 3 is 2.31 bits per heavy atom. The number of anilines is 1. The monoisotopic (exact) mass is 388 g/mol. The fraction of sp³-hybridized carbons (Fsp3) is 0.280. The molecule has 0 radical (unpaired) electrons. The fourth-order valence-electron chi connectivity index (χ4n) is 4.08. The van der Waals surface area contributed by atoms with E-state index in [0.717, 1.165) is 47.5 Å². The number of aliphatic hydroxyl groups excluding tert-OH is 1.